The normalized spacial score (nSPS) is 11.6. The molecule has 21 heavy (non-hydrogen) atoms. The standard InChI is InChI=1S/C13H17N5O3/c1-8(2)6-16-13(19)9(3)17-12-10(5-14)4-11(7-15-12)18(20)21/h4,7-9H,6H2,1-3H3,(H,15,17)(H,16,19). The lowest BCUT2D eigenvalue weighted by Gasteiger charge is -2.16. The first-order valence-corrected chi connectivity index (χ1v) is 6.44. The summed E-state index contributed by atoms with van der Waals surface area (Å²) in [6, 6.07) is 2.34. The van der Waals surface area contributed by atoms with Crippen molar-refractivity contribution >= 4 is 17.4 Å². The first-order valence-electron chi connectivity index (χ1n) is 6.44. The maximum Gasteiger partial charge on any atom is 0.289 e. The molecular formula is C13H17N5O3. The average molecular weight is 291 g/mol. The summed E-state index contributed by atoms with van der Waals surface area (Å²) in [5.74, 6) is 0.247. The van der Waals surface area contributed by atoms with Gasteiger partial charge in [-0.25, -0.2) is 4.98 Å². The van der Waals surface area contributed by atoms with Crippen molar-refractivity contribution in [1.82, 2.24) is 10.3 Å². The number of carbonyl (C=O) groups excluding carboxylic acids is 1. The van der Waals surface area contributed by atoms with Crippen molar-refractivity contribution in [2.45, 2.75) is 26.8 Å². The van der Waals surface area contributed by atoms with Crippen LogP contribution < -0.4 is 10.6 Å². The molecule has 1 aromatic rings. The Morgan fingerprint density at radius 2 is 2.19 bits per heavy atom. The molecule has 1 atom stereocenters. The molecule has 0 radical (unpaired) electrons. The molecule has 0 fully saturated rings. The van der Waals surface area contributed by atoms with E-state index in [0.717, 1.165) is 12.3 Å². The van der Waals surface area contributed by atoms with Crippen LogP contribution in [0.4, 0.5) is 11.5 Å². The number of pyridine rings is 1. The molecule has 0 bridgehead atoms. The van der Waals surface area contributed by atoms with Gasteiger partial charge in [0.25, 0.3) is 5.69 Å². The van der Waals surface area contributed by atoms with Crippen molar-refractivity contribution < 1.29 is 9.72 Å². The van der Waals surface area contributed by atoms with Gasteiger partial charge in [-0.15, -0.1) is 0 Å². The number of nitrogens with one attached hydrogen (secondary N) is 2. The first kappa shape index (κ1) is 16.4. The van der Waals surface area contributed by atoms with Crippen molar-refractivity contribution in [3.05, 3.63) is 27.9 Å². The minimum atomic E-state index is -0.629. The van der Waals surface area contributed by atoms with Crippen LogP contribution in [-0.2, 0) is 4.79 Å². The summed E-state index contributed by atoms with van der Waals surface area (Å²) in [5.41, 5.74) is -0.248. The zero-order chi connectivity index (χ0) is 16.0. The van der Waals surface area contributed by atoms with E-state index < -0.39 is 11.0 Å². The Bertz CT molecular complexity index is 580. The van der Waals surface area contributed by atoms with Gasteiger partial charge in [-0.2, -0.15) is 5.26 Å². The molecule has 2 N–H and O–H groups in total. The summed E-state index contributed by atoms with van der Waals surface area (Å²) in [7, 11) is 0. The molecule has 0 aliphatic rings. The lowest BCUT2D eigenvalue weighted by Crippen LogP contribution is -2.39. The molecule has 1 amide bonds. The molecule has 1 rings (SSSR count). The molecule has 8 nitrogen and oxygen atoms in total. The highest BCUT2D eigenvalue weighted by Crippen LogP contribution is 2.18. The summed E-state index contributed by atoms with van der Waals surface area (Å²) in [4.78, 5) is 25.7. The molecule has 1 unspecified atom stereocenters. The summed E-state index contributed by atoms with van der Waals surface area (Å²) in [5, 5.41) is 25.2. The van der Waals surface area contributed by atoms with Gasteiger partial charge in [0.1, 0.15) is 29.7 Å². The van der Waals surface area contributed by atoms with Crippen LogP contribution in [-0.4, -0.2) is 28.4 Å². The predicted octanol–water partition coefficient (Wildman–Crippen LogP) is 1.43. The molecule has 0 aromatic carbocycles. The summed E-state index contributed by atoms with van der Waals surface area (Å²) in [6.07, 6.45) is 1.04. The smallest absolute Gasteiger partial charge is 0.289 e. The second kappa shape index (κ2) is 7.19. The fourth-order valence-electron chi connectivity index (χ4n) is 1.48. The van der Waals surface area contributed by atoms with Crippen LogP contribution >= 0.6 is 0 Å². The number of amides is 1. The Hall–Kier alpha value is -2.69. The van der Waals surface area contributed by atoms with Crippen molar-refractivity contribution in [1.29, 1.82) is 5.26 Å². The van der Waals surface area contributed by atoms with Crippen LogP contribution in [0.2, 0.25) is 0 Å². The molecule has 0 spiro atoms. The second-order valence-electron chi connectivity index (χ2n) is 4.96. The Balaban J connectivity index is 2.81. The Morgan fingerprint density at radius 1 is 1.52 bits per heavy atom. The molecule has 0 aliphatic heterocycles. The molecule has 8 heteroatoms. The number of anilines is 1. The minimum Gasteiger partial charge on any atom is -0.358 e. The van der Waals surface area contributed by atoms with E-state index in [1.807, 2.05) is 19.9 Å². The van der Waals surface area contributed by atoms with Crippen LogP contribution in [0.25, 0.3) is 0 Å². The molecule has 0 aliphatic carbocycles. The monoisotopic (exact) mass is 291 g/mol. The van der Waals surface area contributed by atoms with Crippen LogP contribution in [0.15, 0.2) is 12.3 Å². The lowest BCUT2D eigenvalue weighted by molar-refractivity contribution is -0.385. The summed E-state index contributed by atoms with van der Waals surface area (Å²) in [6.45, 7) is 6.12. The minimum absolute atomic E-state index is 0.0210. The van der Waals surface area contributed by atoms with E-state index in [1.54, 1.807) is 6.92 Å². The van der Waals surface area contributed by atoms with Crippen LogP contribution in [0, 0.1) is 27.4 Å². The molecule has 1 heterocycles. The zero-order valence-corrected chi connectivity index (χ0v) is 12.1. The quantitative estimate of drug-likeness (QED) is 0.604. The summed E-state index contributed by atoms with van der Waals surface area (Å²) < 4.78 is 0. The fourth-order valence-corrected chi connectivity index (χ4v) is 1.48. The van der Waals surface area contributed by atoms with E-state index >= 15 is 0 Å². The van der Waals surface area contributed by atoms with Crippen LogP contribution in [0.1, 0.15) is 26.3 Å². The fraction of sp³-hybridized carbons (Fsp3) is 0.462. The van der Waals surface area contributed by atoms with Crippen LogP contribution in [0.5, 0.6) is 0 Å². The van der Waals surface area contributed by atoms with Crippen molar-refractivity contribution in [2.24, 2.45) is 5.92 Å². The number of carbonyl (C=O) groups is 1. The second-order valence-corrected chi connectivity index (χ2v) is 4.96. The number of nitro groups is 1. The third-order valence-corrected chi connectivity index (χ3v) is 2.64. The largest absolute Gasteiger partial charge is 0.358 e. The van der Waals surface area contributed by atoms with Crippen LogP contribution in [0.3, 0.4) is 0 Å². The van der Waals surface area contributed by atoms with E-state index in [1.165, 1.54) is 0 Å². The van der Waals surface area contributed by atoms with Crippen molar-refractivity contribution in [3.8, 4) is 6.07 Å². The Kier molecular flexibility index (Phi) is 5.60. The van der Waals surface area contributed by atoms with Gasteiger partial charge in [0.2, 0.25) is 5.91 Å². The Morgan fingerprint density at radius 3 is 2.71 bits per heavy atom. The third kappa shape index (κ3) is 4.72. The van der Waals surface area contributed by atoms with Gasteiger partial charge in [0.05, 0.1) is 4.92 Å². The maximum atomic E-state index is 11.8. The highest BCUT2D eigenvalue weighted by molar-refractivity contribution is 5.84. The van der Waals surface area contributed by atoms with E-state index in [0.29, 0.717) is 12.5 Å². The maximum absolute atomic E-state index is 11.8. The number of aromatic nitrogens is 1. The number of nitriles is 1. The van der Waals surface area contributed by atoms with E-state index in [9.17, 15) is 14.9 Å². The number of hydrogen-bond acceptors (Lipinski definition) is 6. The topological polar surface area (TPSA) is 121 Å². The third-order valence-electron chi connectivity index (χ3n) is 2.64. The first-order chi connectivity index (χ1) is 9.85. The predicted molar refractivity (Wildman–Crippen MR) is 76.5 cm³/mol. The SMILES string of the molecule is CC(C)CNC(=O)C(C)Nc1ncc([N+](=O)[O-])cc1C#N. The van der Waals surface area contributed by atoms with Gasteiger partial charge in [-0.1, -0.05) is 13.8 Å². The van der Waals surface area contributed by atoms with E-state index in [4.69, 9.17) is 5.26 Å². The van der Waals surface area contributed by atoms with Crippen molar-refractivity contribution in [2.75, 3.05) is 11.9 Å². The molecule has 112 valence electrons. The summed E-state index contributed by atoms with van der Waals surface area (Å²) >= 11 is 0. The Labute approximate surface area is 122 Å². The van der Waals surface area contributed by atoms with E-state index in [2.05, 4.69) is 15.6 Å². The molecular weight excluding hydrogens is 274 g/mol. The number of nitrogens with zero attached hydrogens (tertiary/aromatic N) is 3. The van der Waals surface area contributed by atoms with Gasteiger partial charge in [0, 0.05) is 12.6 Å². The van der Waals surface area contributed by atoms with Gasteiger partial charge in [-0.05, 0) is 12.8 Å². The highest BCUT2D eigenvalue weighted by atomic mass is 16.6. The van der Waals surface area contributed by atoms with E-state index in [-0.39, 0.29) is 23.0 Å². The highest BCUT2D eigenvalue weighted by Gasteiger charge is 2.17. The molecule has 0 saturated heterocycles. The number of rotatable bonds is 6. The van der Waals surface area contributed by atoms with Gasteiger partial charge in [-0.3, -0.25) is 14.9 Å². The molecule has 1 aromatic heterocycles. The van der Waals surface area contributed by atoms with Gasteiger partial charge in [0.15, 0.2) is 0 Å². The average Bonchev–Trinajstić information content (AvgIpc) is 2.44. The van der Waals surface area contributed by atoms with Gasteiger partial charge < -0.3 is 10.6 Å². The van der Waals surface area contributed by atoms with Gasteiger partial charge >= 0.3 is 0 Å². The van der Waals surface area contributed by atoms with Crippen molar-refractivity contribution in [3.63, 3.8) is 0 Å². The zero-order valence-electron chi connectivity index (χ0n) is 12.1. The molecule has 0 saturated carbocycles. The number of hydrogen-bond donors (Lipinski definition) is 2. The lowest BCUT2D eigenvalue weighted by atomic mass is 10.2.